The molecule has 5 atom stereocenters. The van der Waals surface area contributed by atoms with E-state index in [1.165, 1.54) is 103 Å². The van der Waals surface area contributed by atoms with E-state index >= 15 is 0 Å². The van der Waals surface area contributed by atoms with Gasteiger partial charge in [-0.2, -0.15) is 0 Å². The Balaban J connectivity index is 4.67. The Bertz CT molecular complexity index is 1930. The Morgan fingerprint density at radius 3 is 1.00 bits per heavy atom. The predicted octanol–water partition coefficient (Wildman–Crippen LogP) is 18.5. The Labute approximate surface area is 527 Å². The lowest BCUT2D eigenvalue weighted by atomic mass is 10.0. The van der Waals surface area contributed by atoms with Crippen molar-refractivity contribution in [3.05, 3.63) is 85.1 Å². The number of aliphatic hydroxyl groups is 2. The SMILES string of the molecule is CC/C=C\C/C=C\C/C=C\C/C=C\C/C=C\C/C=C\CCCCC(=O)OCC(O)COP(=O)(O)OCC(O)COP(=O)(O)OCC(COC(=O)CCCCCCC/C=C\CCCCCCCC)OC(=O)CCCCCCCCCCCCCCCCC. The van der Waals surface area contributed by atoms with E-state index in [9.17, 15) is 43.5 Å². The molecule has 0 fully saturated rings. The second-order valence-electron chi connectivity index (χ2n) is 22.6. The van der Waals surface area contributed by atoms with Gasteiger partial charge >= 0.3 is 33.6 Å². The van der Waals surface area contributed by atoms with Crippen LogP contribution in [0, 0.1) is 0 Å². The zero-order valence-corrected chi connectivity index (χ0v) is 56.2. The lowest BCUT2D eigenvalue weighted by molar-refractivity contribution is -0.161. The Kier molecular flexibility index (Phi) is 60.5. The van der Waals surface area contributed by atoms with Gasteiger partial charge in [-0.15, -0.1) is 0 Å². The molecule has 0 amide bonds. The number of phosphoric acid groups is 2. The van der Waals surface area contributed by atoms with Crippen LogP contribution in [0.25, 0.3) is 0 Å². The van der Waals surface area contributed by atoms with Gasteiger partial charge in [-0.05, 0) is 96.3 Å². The predicted molar refractivity (Wildman–Crippen MR) is 353 cm³/mol. The fourth-order valence-electron chi connectivity index (χ4n) is 8.92. The lowest BCUT2D eigenvalue weighted by Crippen LogP contribution is -2.30. The van der Waals surface area contributed by atoms with Gasteiger partial charge in [0.2, 0.25) is 0 Å². The number of carbonyl (C=O) groups is 3. The van der Waals surface area contributed by atoms with Gasteiger partial charge in [-0.3, -0.25) is 32.5 Å². The molecule has 18 heteroatoms. The van der Waals surface area contributed by atoms with E-state index < -0.39 is 91.5 Å². The number of allylic oxidation sites excluding steroid dienone is 14. The number of aliphatic hydroxyl groups excluding tert-OH is 2. The molecule has 0 aliphatic heterocycles. The fourth-order valence-corrected chi connectivity index (χ4v) is 10.5. The van der Waals surface area contributed by atoms with Gasteiger partial charge in [0, 0.05) is 19.3 Å². The summed E-state index contributed by atoms with van der Waals surface area (Å²) in [5, 5.41) is 20.5. The Morgan fingerprint density at radius 2 is 0.609 bits per heavy atom. The van der Waals surface area contributed by atoms with Crippen molar-refractivity contribution in [1.82, 2.24) is 0 Å². The van der Waals surface area contributed by atoms with E-state index in [-0.39, 0.29) is 19.3 Å². The van der Waals surface area contributed by atoms with Crippen LogP contribution in [-0.2, 0) is 55.8 Å². The number of phosphoric ester groups is 2. The van der Waals surface area contributed by atoms with E-state index in [0.717, 1.165) is 116 Å². The van der Waals surface area contributed by atoms with Gasteiger partial charge < -0.3 is 34.2 Å². The molecule has 0 spiro atoms. The molecule has 5 unspecified atom stereocenters. The zero-order chi connectivity index (χ0) is 63.8. The maximum absolute atomic E-state index is 12.9. The first kappa shape index (κ1) is 83.7. The topological polar surface area (TPSA) is 231 Å². The van der Waals surface area contributed by atoms with E-state index in [2.05, 4.69) is 106 Å². The quantitative estimate of drug-likeness (QED) is 0.0146. The molecule has 0 radical (unpaired) electrons. The molecule has 0 heterocycles. The Morgan fingerprint density at radius 1 is 0.333 bits per heavy atom. The Hall–Kier alpha value is -3.27. The highest BCUT2D eigenvalue weighted by atomic mass is 31.2. The van der Waals surface area contributed by atoms with Crippen molar-refractivity contribution >= 4 is 33.6 Å². The molecule has 4 N–H and O–H groups in total. The van der Waals surface area contributed by atoms with Gasteiger partial charge in [0.25, 0.3) is 0 Å². The highest BCUT2D eigenvalue weighted by Crippen LogP contribution is 2.45. The van der Waals surface area contributed by atoms with Crippen LogP contribution in [0.1, 0.15) is 278 Å². The summed E-state index contributed by atoms with van der Waals surface area (Å²) in [5.41, 5.74) is 0. The minimum Gasteiger partial charge on any atom is -0.463 e. The van der Waals surface area contributed by atoms with Crippen molar-refractivity contribution in [3.8, 4) is 0 Å². The molecule has 0 aromatic rings. The molecule has 0 aromatic carbocycles. The summed E-state index contributed by atoms with van der Waals surface area (Å²) in [6.45, 7) is 2.51. The number of esters is 3. The van der Waals surface area contributed by atoms with Crippen molar-refractivity contribution in [1.29, 1.82) is 0 Å². The number of rotatable bonds is 64. The molecule has 0 saturated heterocycles. The minimum absolute atomic E-state index is 0.106. The standard InChI is InChI=1S/C69H122O16P2/c1-4-7-10-13-16-19-22-25-28-29-30-31-32-33-36-38-40-43-46-49-52-55-67(72)79-58-64(70)59-81-86(75,76)82-60-65(71)61-83-87(77,78)84-63-66(85-69(74)57-54-51-48-45-42-39-35-27-24-21-18-15-12-9-6-3)62-80-68(73)56-53-50-47-44-41-37-34-26-23-20-17-14-11-8-5-2/h7,10,16,19,25-26,28,30-31,33-34,36,40,43,64-66,70-71H,4-6,8-9,11-15,17-18,20-24,27,29,32,35,37-39,41-42,44-63H2,1-3H3,(H,75,76)(H,77,78)/b10-7-,19-16-,28-25-,31-30-,34-26-,36-33-,43-40-. The number of carbonyl (C=O) groups excluding carboxylic acids is 3. The first-order valence-electron chi connectivity index (χ1n) is 33.9. The monoisotopic (exact) mass is 1270 g/mol. The molecule has 87 heavy (non-hydrogen) atoms. The van der Waals surface area contributed by atoms with Crippen LogP contribution in [0.15, 0.2) is 85.1 Å². The zero-order valence-electron chi connectivity index (χ0n) is 54.4. The molecule has 504 valence electrons. The van der Waals surface area contributed by atoms with Crippen LogP contribution in [0.3, 0.4) is 0 Å². The van der Waals surface area contributed by atoms with Crippen LogP contribution in [0.5, 0.6) is 0 Å². The van der Waals surface area contributed by atoms with Crippen molar-refractivity contribution in [3.63, 3.8) is 0 Å². The maximum Gasteiger partial charge on any atom is 0.472 e. The number of hydrogen-bond acceptors (Lipinski definition) is 14. The lowest BCUT2D eigenvalue weighted by Gasteiger charge is -2.21. The normalized spacial score (nSPS) is 14.8. The van der Waals surface area contributed by atoms with Gasteiger partial charge in [-0.25, -0.2) is 9.13 Å². The number of unbranched alkanes of at least 4 members (excludes halogenated alkanes) is 27. The third kappa shape index (κ3) is 64.1. The first-order valence-corrected chi connectivity index (χ1v) is 36.9. The highest BCUT2D eigenvalue weighted by Gasteiger charge is 2.29. The molecule has 16 nitrogen and oxygen atoms in total. The number of hydrogen-bond donors (Lipinski definition) is 4. The van der Waals surface area contributed by atoms with Crippen LogP contribution in [0.2, 0.25) is 0 Å². The first-order chi connectivity index (χ1) is 42.2. The second-order valence-corrected chi connectivity index (χ2v) is 25.5. The summed E-state index contributed by atoms with van der Waals surface area (Å²) in [6, 6.07) is 0. The third-order valence-electron chi connectivity index (χ3n) is 14.1. The molecule has 0 aromatic heterocycles. The largest absolute Gasteiger partial charge is 0.472 e. The maximum atomic E-state index is 12.9. The van der Waals surface area contributed by atoms with E-state index in [4.69, 9.17) is 32.3 Å². The molecular weight excluding hydrogens is 1150 g/mol. The molecule has 0 rings (SSSR count). The van der Waals surface area contributed by atoms with E-state index in [1.807, 2.05) is 0 Å². The summed E-state index contributed by atoms with van der Waals surface area (Å²) in [6.07, 6.45) is 66.4. The second kappa shape index (κ2) is 62.9. The van der Waals surface area contributed by atoms with E-state index in [1.54, 1.807) is 0 Å². The van der Waals surface area contributed by atoms with Gasteiger partial charge in [0.05, 0.1) is 26.4 Å². The van der Waals surface area contributed by atoms with Gasteiger partial charge in [0.15, 0.2) is 6.10 Å². The minimum atomic E-state index is -4.92. The van der Waals surface area contributed by atoms with Crippen molar-refractivity contribution in [2.75, 3.05) is 39.6 Å². The van der Waals surface area contributed by atoms with Crippen LogP contribution >= 0.6 is 15.6 Å². The third-order valence-corrected chi connectivity index (χ3v) is 16.0. The van der Waals surface area contributed by atoms with Crippen LogP contribution < -0.4 is 0 Å². The average Bonchev–Trinajstić information content (AvgIpc) is 3.68. The highest BCUT2D eigenvalue weighted by molar-refractivity contribution is 7.47. The fraction of sp³-hybridized carbons (Fsp3) is 0.754. The summed E-state index contributed by atoms with van der Waals surface area (Å²) >= 11 is 0. The van der Waals surface area contributed by atoms with Crippen molar-refractivity contribution in [2.24, 2.45) is 0 Å². The van der Waals surface area contributed by atoms with Gasteiger partial charge in [0.1, 0.15) is 25.4 Å². The smallest absolute Gasteiger partial charge is 0.463 e. The van der Waals surface area contributed by atoms with E-state index in [0.29, 0.717) is 19.3 Å². The van der Waals surface area contributed by atoms with Crippen LogP contribution in [0.4, 0.5) is 0 Å². The van der Waals surface area contributed by atoms with Gasteiger partial charge in [-0.1, -0.05) is 247 Å². The molecular formula is C69H122O16P2. The summed E-state index contributed by atoms with van der Waals surface area (Å²) < 4.78 is 60.8. The van der Waals surface area contributed by atoms with Crippen molar-refractivity contribution in [2.45, 2.75) is 296 Å². The summed E-state index contributed by atoms with van der Waals surface area (Å²) in [5.74, 6) is -1.62. The average molecular weight is 1270 g/mol. The molecule has 0 aliphatic carbocycles. The summed E-state index contributed by atoms with van der Waals surface area (Å²) in [7, 11) is -9.78. The molecule has 0 aliphatic rings. The summed E-state index contributed by atoms with van der Waals surface area (Å²) in [4.78, 5) is 58.3. The van der Waals surface area contributed by atoms with Crippen LogP contribution in [-0.4, -0.2) is 95.9 Å². The van der Waals surface area contributed by atoms with Crippen molar-refractivity contribution < 1.29 is 75.8 Å². The number of ether oxygens (including phenoxy) is 3. The molecule has 0 saturated carbocycles. The molecule has 0 bridgehead atoms.